The fraction of sp³-hybridized carbons (Fsp3) is 0.688. The van der Waals surface area contributed by atoms with E-state index in [1.54, 1.807) is 0 Å². The van der Waals surface area contributed by atoms with Crippen LogP contribution in [0.25, 0.3) is 0 Å². The molecule has 0 saturated heterocycles. The van der Waals surface area contributed by atoms with Crippen molar-refractivity contribution in [2.45, 2.75) is 65.9 Å². The number of carbonyl (C=O) groups excluding carboxylic acids is 5. The standard InChI is InChI=1S/C16H25NO9/c1-8(24-11(4)20)15(17-9(2)18)16(26-13(6)22)14(25-12(5)21)7-23-10(3)19/h8,14-16H,7H2,1-6H3,(H,17,18)/t8-,14-,15-,16-/m0/s1/i7D/t7?,8-,14-,15-,16-. The number of amides is 1. The van der Waals surface area contributed by atoms with E-state index < -0.39 is 60.7 Å². The van der Waals surface area contributed by atoms with Gasteiger partial charge in [-0.25, -0.2) is 0 Å². The van der Waals surface area contributed by atoms with E-state index in [2.05, 4.69) is 5.32 Å². The van der Waals surface area contributed by atoms with E-state index in [4.69, 9.17) is 20.3 Å². The monoisotopic (exact) mass is 376 g/mol. The van der Waals surface area contributed by atoms with Gasteiger partial charge in [-0.05, 0) is 6.92 Å². The zero-order valence-corrected chi connectivity index (χ0v) is 15.6. The maximum atomic E-state index is 11.6. The van der Waals surface area contributed by atoms with E-state index >= 15 is 0 Å². The van der Waals surface area contributed by atoms with Gasteiger partial charge in [-0.15, -0.1) is 0 Å². The fourth-order valence-electron chi connectivity index (χ4n) is 2.10. The van der Waals surface area contributed by atoms with Crippen molar-refractivity contribution >= 4 is 29.8 Å². The molecule has 0 heterocycles. The summed E-state index contributed by atoms with van der Waals surface area (Å²) < 4.78 is 27.9. The summed E-state index contributed by atoms with van der Waals surface area (Å²) in [5.41, 5.74) is 0. The Morgan fingerprint density at radius 2 is 1.35 bits per heavy atom. The molecule has 0 aromatic rings. The Morgan fingerprint density at radius 3 is 1.73 bits per heavy atom. The molecule has 0 aromatic carbocycles. The van der Waals surface area contributed by atoms with E-state index in [1.807, 2.05) is 0 Å². The molecule has 1 amide bonds. The second-order valence-electron chi connectivity index (χ2n) is 5.43. The van der Waals surface area contributed by atoms with Crippen molar-refractivity contribution in [3.63, 3.8) is 0 Å². The fourth-order valence-corrected chi connectivity index (χ4v) is 2.10. The van der Waals surface area contributed by atoms with Crippen LogP contribution in [0, 0.1) is 0 Å². The Kier molecular flexibility index (Phi) is 9.10. The van der Waals surface area contributed by atoms with Gasteiger partial charge in [-0.3, -0.25) is 24.0 Å². The molecule has 148 valence electrons. The average Bonchev–Trinajstić information content (AvgIpc) is 2.46. The molecule has 0 spiro atoms. The van der Waals surface area contributed by atoms with Gasteiger partial charge in [-0.1, -0.05) is 0 Å². The largest absolute Gasteiger partial charge is 0.462 e. The molecule has 10 heteroatoms. The predicted molar refractivity (Wildman–Crippen MR) is 86.6 cm³/mol. The second kappa shape index (κ2) is 11.1. The Morgan fingerprint density at radius 1 is 0.846 bits per heavy atom. The van der Waals surface area contributed by atoms with Crippen LogP contribution >= 0.6 is 0 Å². The van der Waals surface area contributed by atoms with Gasteiger partial charge in [0.25, 0.3) is 0 Å². The lowest BCUT2D eigenvalue weighted by atomic mass is 10.00. The summed E-state index contributed by atoms with van der Waals surface area (Å²) >= 11 is 0. The molecule has 0 rings (SSSR count). The molecular formula is C16H25NO9. The van der Waals surface area contributed by atoms with Crippen LogP contribution in [0.2, 0.25) is 0 Å². The molecule has 1 N–H and O–H groups in total. The summed E-state index contributed by atoms with van der Waals surface area (Å²) in [6.07, 6.45) is -4.10. The Labute approximate surface area is 152 Å². The number of esters is 4. The SMILES string of the molecule is [2H]C(OC(C)=O)[C@H](OC(C)=O)[C@H](OC(C)=O)[C@@H](NC(C)=O)[C@H](C)OC(C)=O. The molecule has 0 bridgehead atoms. The zero-order valence-electron chi connectivity index (χ0n) is 16.6. The maximum absolute atomic E-state index is 11.6. The minimum Gasteiger partial charge on any atom is -0.462 e. The molecule has 0 aliphatic heterocycles. The van der Waals surface area contributed by atoms with Crippen LogP contribution in [0.4, 0.5) is 0 Å². The lowest BCUT2D eigenvalue weighted by molar-refractivity contribution is -0.180. The zero-order chi connectivity index (χ0) is 21.3. The summed E-state index contributed by atoms with van der Waals surface area (Å²) in [6, 6.07) is -1.19. The summed E-state index contributed by atoms with van der Waals surface area (Å²) in [4.78, 5) is 57.1. The van der Waals surface area contributed by atoms with Crippen LogP contribution in [0.3, 0.4) is 0 Å². The third-order valence-electron chi connectivity index (χ3n) is 2.88. The van der Waals surface area contributed by atoms with Crippen molar-refractivity contribution in [3.05, 3.63) is 0 Å². The van der Waals surface area contributed by atoms with Crippen molar-refractivity contribution < 1.29 is 44.3 Å². The molecule has 0 aromatic heterocycles. The van der Waals surface area contributed by atoms with E-state index in [1.165, 1.54) is 13.8 Å². The van der Waals surface area contributed by atoms with Gasteiger partial charge in [0.2, 0.25) is 5.91 Å². The first kappa shape index (κ1) is 21.4. The minimum absolute atomic E-state index is 0.563. The van der Waals surface area contributed by atoms with Gasteiger partial charge in [0, 0.05) is 34.6 Å². The van der Waals surface area contributed by atoms with E-state index in [0.29, 0.717) is 0 Å². The number of carbonyl (C=O) groups is 5. The summed E-state index contributed by atoms with van der Waals surface area (Å²) in [5.74, 6) is -3.74. The minimum atomic E-state index is -1.77. The van der Waals surface area contributed by atoms with Gasteiger partial charge in [0.05, 0.1) is 1.37 Å². The third-order valence-corrected chi connectivity index (χ3v) is 2.88. The summed E-state index contributed by atoms with van der Waals surface area (Å²) in [5, 5.41) is 2.44. The number of hydrogen-bond donors (Lipinski definition) is 1. The smallest absolute Gasteiger partial charge is 0.303 e. The number of rotatable bonds is 9. The van der Waals surface area contributed by atoms with Crippen molar-refractivity contribution in [1.29, 1.82) is 0 Å². The van der Waals surface area contributed by atoms with Crippen LogP contribution < -0.4 is 5.32 Å². The van der Waals surface area contributed by atoms with Crippen LogP contribution in [0.5, 0.6) is 0 Å². The summed E-state index contributed by atoms with van der Waals surface area (Å²) in [6.45, 7) is 5.09. The highest BCUT2D eigenvalue weighted by Crippen LogP contribution is 2.17. The molecule has 1 unspecified atom stereocenters. The lowest BCUT2D eigenvalue weighted by Crippen LogP contribution is -2.57. The lowest BCUT2D eigenvalue weighted by Gasteiger charge is -2.35. The highest BCUT2D eigenvalue weighted by atomic mass is 16.6. The molecule has 0 saturated carbocycles. The highest BCUT2D eigenvalue weighted by Gasteiger charge is 2.40. The Balaban J connectivity index is 6.04. The van der Waals surface area contributed by atoms with Gasteiger partial charge in [0.1, 0.15) is 18.7 Å². The predicted octanol–water partition coefficient (Wildman–Crippen LogP) is -0.131. The quantitative estimate of drug-likeness (QED) is 0.431. The van der Waals surface area contributed by atoms with E-state index in [-0.39, 0.29) is 0 Å². The van der Waals surface area contributed by atoms with Gasteiger partial charge >= 0.3 is 23.9 Å². The van der Waals surface area contributed by atoms with E-state index in [9.17, 15) is 24.0 Å². The highest BCUT2D eigenvalue weighted by molar-refractivity contribution is 5.74. The van der Waals surface area contributed by atoms with Crippen molar-refractivity contribution in [2.75, 3.05) is 6.58 Å². The first-order valence-electron chi connectivity index (χ1n) is 8.31. The number of hydrogen-bond acceptors (Lipinski definition) is 9. The van der Waals surface area contributed by atoms with Crippen LogP contribution in [0.1, 0.15) is 42.9 Å². The van der Waals surface area contributed by atoms with Crippen LogP contribution in [-0.2, 0) is 42.9 Å². The van der Waals surface area contributed by atoms with E-state index in [0.717, 1.165) is 27.7 Å². The molecule has 0 fully saturated rings. The molecule has 0 aliphatic rings. The van der Waals surface area contributed by atoms with Gasteiger partial charge in [0.15, 0.2) is 12.2 Å². The number of nitrogens with one attached hydrogen (secondary N) is 1. The van der Waals surface area contributed by atoms with Crippen LogP contribution in [0.15, 0.2) is 0 Å². The molecular weight excluding hydrogens is 350 g/mol. The topological polar surface area (TPSA) is 134 Å². The first-order valence-corrected chi connectivity index (χ1v) is 7.73. The van der Waals surface area contributed by atoms with Crippen molar-refractivity contribution in [2.24, 2.45) is 0 Å². The Bertz CT molecular complexity index is 538. The Hall–Kier alpha value is -2.65. The normalized spacial score (nSPS) is 16.6. The van der Waals surface area contributed by atoms with Crippen molar-refractivity contribution in [3.8, 4) is 0 Å². The summed E-state index contributed by atoms with van der Waals surface area (Å²) in [7, 11) is 0. The average molecular weight is 376 g/mol. The van der Waals surface area contributed by atoms with Crippen molar-refractivity contribution in [1.82, 2.24) is 5.32 Å². The van der Waals surface area contributed by atoms with Crippen LogP contribution in [-0.4, -0.2) is 60.7 Å². The molecule has 5 atom stereocenters. The van der Waals surface area contributed by atoms with Gasteiger partial charge in [-0.2, -0.15) is 0 Å². The second-order valence-corrected chi connectivity index (χ2v) is 5.43. The molecule has 0 aliphatic carbocycles. The molecule has 0 radical (unpaired) electrons. The maximum Gasteiger partial charge on any atom is 0.303 e. The molecule has 10 nitrogen and oxygen atoms in total. The molecule has 26 heavy (non-hydrogen) atoms. The first-order chi connectivity index (χ1) is 12.3. The number of ether oxygens (including phenoxy) is 4. The van der Waals surface area contributed by atoms with Gasteiger partial charge < -0.3 is 24.3 Å². The third kappa shape index (κ3) is 9.60.